The van der Waals surface area contributed by atoms with Crippen molar-refractivity contribution in [3.8, 4) is 11.6 Å². The molecule has 3 heterocycles. The van der Waals surface area contributed by atoms with Gasteiger partial charge in [-0.1, -0.05) is 108 Å². The van der Waals surface area contributed by atoms with E-state index in [1.807, 2.05) is 6.07 Å². The molecule has 0 spiro atoms. The lowest BCUT2D eigenvalue weighted by molar-refractivity contribution is 0.443. The van der Waals surface area contributed by atoms with Gasteiger partial charge in [0.1, 0.15) is 6.33 Å². The fourth-order valence-electron chi connectivity index (χ4n) is 8.61. The van der Waals surface area contributed by atoms with E-state index >= 15 is 0 Å². The molecule has 2 atom stereocenters. The van der Waals surface area contributed by atoms with Crippen molar-refractivity contribution >= 4 is 54.4 Å². The highest BCUT2D eigenvalue weighted by molar-refractivity contribution is 7.89. The van der Waals surface area contributed by atoms with Crippen LogP contribution < -0.4 is 19.2 Å². The van der Waals surface area contributed by atoms with Gasteiger partial charge in [-0.2, -0.15) is 29.8 Å². The van der Waals surface area contributed by atoms with Crippen LogP contribution in [-0.2, 0) is 30.9 Å². The van der Waals surface area contributed by atoms with Gasteiger partial charge in [0.05, 0.1) is 32.6 Å². The van der Waals surface area contributed by atoms with Crippen molar-refractivity contribution in [2.75, 3.05) is 49.1 Å². The van der Waals surface area contributed by atoms with Gasteiger partial charge in [0.25, 0.3) is 0 Å². The number of hydrogen-bond acceptors (Lipinski definition) is 14. The summed E-state index contributed by atoms with van der Waals surface area (Å²) < 4.78 is 62.4. The minimum atomic E-state index is -3.71. The van der Waals surface area contributed by atoms with Gasteiger partial charge in [-0.3, -0.25) is 0 Å². The zero-order valence-corrected chi connectivity index (χ0v) is 48.3. The van der Waals surface area contributed by atoms with E-state index in [4.69, 9.17) is 30.4 Å². The third-order valence-electron chi connectivity index (χ3n) is 13.3. The fraction of sp³-hybridized carbons (Fsp3) is 0.593. The molecule has 3 aromatic heterocycles. The van der Waals surface area contributed by atoms with Gasteiger partial charge in [-0.25, -0.2) is 36.2 Å². The first-order valence-corrected chi connectivity index (χ1v) is 29.7. The topological polar surface area (TPSA) is 210 Å². The van der Waals surface area contributed by atoms with E-state index in [9.17, 15) is 16.8 Å². The average Bonchev–Trinajstić information content (AvgIpc) is 3.96. The van der Waals surface area contributed by atoms with Gasteiger partial charge in [-0.15, -0.1) is 10.2 Å². The van der Waals surface area contributed by atoms with Crippen molar-refractivity contribution in [1.82, 2.24) is 39.0 Å². The molecule has 0 fully saturated rings. The minimum Gasteiger partial charge on any atom is -0.355 e. The molecular formula is C54H84N14O4S2. The van der Waals surface area contributed by atoms with Crippen LogP contribution in [-0.4, -0.2) is 85.6 Å². The average molecular weight is 1060 g/mol. The molecule has 0 aliphatic carbocycles. The van der Waals surface area contributed by atoms with Crippen LogP contribution >= 0.6 is 0 Å². The first-order chi connectivity index (χ1) is 35.1. The summed E-state index contributed by atoms with van der Waals surface area (Å²) in [5.41, 5.74) is 2.52. The van der Waals surface area contributed by atoms with Crippen molar-refractivity contribution in [3.05, 3.63) is 72.3 Å². The Hall–Kier alpha value is -5.44. The largest absolute Gasteiger partial charge is 0.355 e. The molecule has 2 aromatic carbocycles. The summed E-state index contributed by atoms with van der Waals surface area (Å²) in [6, 6.07) is 14.8. The van der Waals surface area contributed by atoms with Gasteiger partial charge in [0, 0.05) is 56.2 Å². The zero-order valence-electron chi connectivity index (χ0n) is 46.6. The van der Waals surface area contributed by atoms with Crippen LogP contribution in [0, 0.1) is 11.8 Å². The maximum Gasteiger partial charge on any atom is 0.240 e. The number of nitrogens with zero attached hydrogens (tertiary/aromatic N) is 12. The summed E-state index contributed by atoms with van der Waals surface area (Å²) in [5, 5.41) is 29.5. The number of unbranched alkanes of at least 4 members (excludes halogenated alkanes) is 2. The van der Waals surface area contributed by atoms with E-state index in [-0.39, 0.29) is 21.6 Å². The quantitative estimate of drug-likeness (QED) is 0.0453. The molecule has 406 valence electrons. The number of anilines is 2. The highest BCUT2D eigenvalue weighted by Crippen LogP contribution is 2.43. The number of nitrogens with one attached hydrogen (secondary N) is 2. The number of aromatic nitrogens is 6. The lowest BCUT2D eigenvalue weighted by Gasteiger charge is -2.23. The summed E-state index contributed by atoms with van der Waals surface area (Å²) in [5.74, 6) is 2.89. The zero-order chi connectivity index (χ0) is 54.4. The normalized spacial score (nSPS) is 13.6. The predicted molar refractivity (Wildman–Crippen MR) is 299 cm³/mol. The Kier molecular flexibility index (Phi) is 21.2. The predicted octanol–water partition coefficient (Wildman–Crippen LogP) is 13.0. The third kappa shape index (κ3) is 14.9. The molecule has 0 aliphatic rings. The molecule has 0 saturated carbocycles. The van der Waals surface area contributed by atoms with E-state index in [2.05, 4.69) is 126 Å². The maximum absolute atomic E-state index is 13.3. The number of rotatable bonds is 28. The van der Waals surface area contributed by atoms with Gasteiger partial charge in [-0.05, 0) is 101 Å². The van der Waals surface area contributed by atoms with Crippen molar-refractivity contribution in [2.24, 2.45) is 32.3 Å². The molecule has 18 nitrogen and oxygen atoms in total. The first-order valence-electron chi connectivity index (χ1n) is 26.7. The monoisotopic (exact) mass is 1060 g/mol. The Morgan fingerprint density at radius 3 is 1.19 bits per heavy atom. The number of sulfonamides is 2. The van der Waals surface area contributed by atoms with Crippen LogP contribution in [0.3, 0.4) is 0 Å². The van der Waals surface area contributed by atoms with Crippen molar-refractivity contribution in [1.29, 1.82) is 0 Å². The third-order valence-corrected chi connectivity index (χ3v) is 16.2. The molecule has 0 aliphatic heterocycles. The molecular weight excluding hydrogens is 973 g/mol. The second-order valence-electron chi connectivity index (χ2n) is 20.9. The molecule has 2 N–H and O–H groups in total. The molecule has 0 radical (unpaired) electrons. The molecule has 5 aromatic rings. The van der Waals surface area contributed by atoms with E-state index in [1.165, 1.54) is 6.33 Å². The lowest BCUT2D eigenvalue weighted by atomic mass is 9.91. The lowest BCUT2D eigenvalue weighted by Crippen LogP contribution is -2.29. The van der Waals surface area contributed by atoms with Gasteiger partial charge < -0.3 is 9.80 Å². The summed E-state index contributed by atoms with van der Waals surface area (Å²) >= 11 is 0. The number of azo groups is 2. The van der Waals surface area contributed by atoms with E-state index < -0.39 is 30.9 Å². The van der Waals surface area contributed by atoms with Gasteiger partial charge >= 0.3 is 0 Å². The second-order valence-corrected chi connectivity index (χ2v) is 24.4. The summed E-state index contributed by atoms with van der Waals surface area (Å²) in [6.07, 6.45) is 9.57. The molecule has 2 unspecified atom stereocenters. The number of hydrogen-bond donors (Lipinski definition) is 2. The Morgan fingerprint density at radius 1 is 0.541 bits per heavy atom. The van der Waals surface area contributed by atoms with Crippen LogP contribution in [0.1, 0.15) is 160 Å². The van der Waals surface area contributed by atoms with Crippen LogP contribution in [0.25, 0.3) is 11.6 Å². The summed E-state index contributed by atoms with van der Waals surface area (Å²) in [6.45, 7) is 32.5. The molecule has 74 heavy (non-hydrogen) atoms. The summed E-state index contributed by atoms with van der Waals surface area (Å²) in [4.78, 5) is 14.2. The Morgan fingerprint density at radius 2 is 0.892 bits per heavy atom. The molecule has 0 amide bonds. The minimum absolute atomic E-state index is 0.172. The van der Waals surface area contributed by atoms with E-state index in [1.54, 1.807) is 57.9 Å². The van der Waals surface area contributed by atoms with Crippen molar-refractivity contribution in [2.45, 2.75) is 169 Å². The van der Waals surface area contributed by atoms with Gasteiger partial charge in [0.15, 0.2) is 34.6 Å². The Bertz CT molecular complexity index is 2670. The molecule has 20 heteroatoms. The van der Waals surface area contributed by atoms with E-state index in [0.29, 0.717) is 96.7 Å². The molecule has 5 rings (SSSR count). The molecule has 0 saturated heterocycles. The first kappa shape index (κ1) is 59.4. The Labute approximate surface area is 442 Å². The van der Waals surface area contributed by atoms with E-state index in [0.717, 1.165) is 51.4 Å². The molecule has 0 bridgehead atoms. The second kappa shape index (κ2) is 26.4. The smallest absolute Gasteiger partial charge is 0.240 e. The number of benzene rings is 2. The summed E-state index contributed by atoms with van der Waals surface area (Å²) in [7, 11) is -7.43. The SMILES string of the molecule is CCCCC(CC)CNS(=O)(=O)c1ccc(N=Nc2c(C(C)(C)C)nn(-c3cc(-n4nc(C(C)(C)C)c(N=Nc5ccc(S(=O)(=O)NCC(CC)CCCC)cc5)c4N(CC)CC)ncn3)c2N(CC)CC)cc1. The standard InChI is InChI=1S/C54H84N14O4S2/c1-15-23-25-39(17-3)36-57-73(69,70)43-31-27-41(28-32-43)59-61-47-49(53(9,10)11)63-67(51(47)65(19-5)20-6)45-35-46(56-38-55-45)68-52(66(21-7)22-8)48(50(64-68)54(12,13)14)62-60-42-29-33-44(34-30-42)74(71,72)58-37-40(18-4)26-24-16-2/h27-35,38-40,57-58H,15-26,36-37H2,1-14H3. The van der Waals surface area contributed by atoms with Crippen molar-refractivity contribution < 1.29 is 16.8 Å². The van der Waals surface area contributed by atoms with Crippen LogP contribution in [0.15, 0.2) is 91.2 Å². The fourth-order valence-corrected chi connectivity index (χ4v) is 10.8. The van der Waals surface area contributed by atoms with Crippen LogP contribution in [0.2, 0.25) is 0 Å². The van der Waals surface area contributed by atoms with Crippen LogP contribution in [0.4, 0.5) is 34.4 Å². The van der Waals surface area contributed by atoms with Crippen molar-refractivity contribution in [3.63, 3.8) is 0 Å². The highest BCUT2D eigenvalue weighted by atomic mass is 32.2. The Balaban J connectivity index is 1.57. The van der Waals surface area contributed by atoms with Gasteiger partial charge in [0.2, 0.25) is 20.0 Å². The maximum atomic E-state index is 13.3. The highest BCUT2D eigenvalue weighted by Gasteiger charge is 2.33. The van der Waals surface area contributed by atoms with Crippen LogP contribution in [0.5, 0.6) is 0 Å².